The van der Waals surface area contributed by atoms with E-state index in [2.05, 4.69) is 5.32 Å². The van der Waals surface area contributed by atoms with E-state index in [0.717, 1.165) is 18.4 Å². The average molecular weight is 394 g/mol. The van der Waals surface area contributed by atoms with Gasteiger partial charge in [-0.25, -0.2) is 0 Å². The van der Waals surface area contributed by atoms with Crippen LogP contribution >= 0.6 is 23.2 Å². The third-order valence-corrected chi connectivity index (χ3v) is 5.46. The molecule has 0 aromatic heterocycles. The topological polar surface area (TPSA) is 47.6 Å². The molecule has 26 heavy (non-hydrogen) atoms. The third kappa shape index (κ3) is 3.98. The Morgan fingerprint density at radius 3 is 2.62 bits per heavy atom. The van der Waals surface area contributed by atoms with Crippen LogP contribution in [0.2, 0.25) is 10.0 Å². The van der Waals surface area contributed by atoms with E-state index in [-0.39, 0.29) is 11.3 Å². The molecule has 1 N–H and O–H groups in total. The molecule has 0 bridgehead atoms. The molecule has 1 amide bonds. The van der Waals surface area contributed by atoms with E-state index in [4.69, 9.17) is 32.7 Å². The SMILES string of the molecule is COc1cc(Cl)ccc1C(=O)NCC1(c2ccccc2Cl)CCOCC1. The predicted molar refractivity (Wildman–Crippen MR) is 104 cm³/mol. The van der Waals surface area contributed by atoms with Crippen molar-refractivity contribution in [2.24, 2.45) is 0 Å². The Morgan fingerprint density at radius 2 is 1.92 bits per heavy atom. The van der Waals surface area contributed by atoms with Crippen LogP contribution in [-0.4, -0.2) is 32.8 Å². The van der Waals surface area contributed by atoms with Crippen LogP contribution in [0.1, 0.15) is 28.8 Å². The van der Waals surface area contributed by atoms with Gasteiger partial charge in [0.15, 0.2) is 0 Å². The highest BCUT2D eigenvalue weighted by molar-refractivity contribution is 6.31. The van der Waals surface area contributed by atoms with Crippen molar-refractivity contribution in [3.8, 4) is 5.75 Å². The molecule has 0 unspecified atom stereocenters. The first-order valence-electron chi connectivity index (χ1n) is 8.50. The second-order valence-electron chi connectivity index (χ2n) is 6.40. The van der Waals surface area contributed by atoms with Gasteiger partial charge in [-0.05, 0) is 42.7 Å². The summed E-state index contributed by atoms with van der Waals surface area (Å²) in [5.74, 6) is 0.255. The minimum Gasteiger partial charge on any atom is -0.496 e. The Hall–Kier alpha value is -1.75. The molecule has 4 nitrogen and oxygen atoms in total. The minimum absolute atomic E-state index is 0.198. The summed E-state index contributed by atoms with van der Waals surface area (Å²) in [6, 6.07) is 12.8. The van der Waals surface area contributed by atoms with Gasteiger partial charge in [0, 0.05) is 35.2 Å². The van der Waals surface area contributed by atoms with Crippen molar-refractivity contribution in [1.29, 1.82) is 0 Å². The van der Waals surface area contributed by atoms with E-state index >= 15 is 0 Å². The first kappa shape index (κ1) is 19.0. The van der Waals surface area contributed by atoms with E-state index in [1.165, 1.54) is 7.11 Å². The second-order valence-corrected chi connectivity index (χ2v) is 7.24. The molecule has 6 heteroatoms. The molecule has 3 rings (SSSR count). The van der Waals surface area contributed by atoms with Crippen LogP contribution in [-0.2, 0) is 10.2 Å². The van der Waals surface area contributed by atoms with Crippen LogP contribution in [0.4, 0.5) is 0 Å². The third-order valence-electron chi connectivity index (χ3n) is 4.89. The number of hydrogen-bond donors (Lipinski definition) is 1. The van der Waals surface area contributed by atoms with Gasteiger partial charge in [-0.1, -0.05) is 41.4 Å². The average Bonchev–Trinajstić information content (AvgIpc) is 2.67. The van der Waals surface area contributed by atoms with E-state index in [1.54, 1.807) is 18.2 Å². The van der Waals surface area contributed by atoms with Gasteiger partial charge in [0.1, 0.15) is 5.75 Å². The maximum atomic E-state index is 12.7. The molecule has 1 aliphatic rings. The van der Waals surface area contributed by atoms with Gasteiger partial charge in [0.2, 0.25) is 0 Å². The standard InChI is InChI=1S/C20H21Cl2NO3/c1-25-18-12-14(21)6-7-15(18)19(24)23-13-20(8-10-26-11-9-20)16-4-2-3-5-17(16)22/h2-7,12H,8-11,13H2,1H3,(H,23,24). The fraction of sp³-hybridized carbons (Fsp3) is 0.350. The lowest BCUT2D eigenvalue weighted by Crippen LogP contribution is -2.44. The Balaban J connectivity index is 1.83. The van der Waals surface area contributed by atoms with E-state index < -0.39 is 0 Å². The number of rotatable bonds is 5. The van der Waals surface area contributed by atoms with Crippen molar-refractivity contribution in [2.45, 2.75) is 18.3 Å². The van der Waals surface area contributed by atoms with Gasteiger partial charge in [0.05, 0.1) is 12.7 Å². The van der Waals surface area contributed by atoms with E-state index in [9.17, 15) is 4.79 Å². The number of nitrogens with one attached hydrogen (secondary N) is 1. The molecular formula is C20H21Cl2NO3. The first-order valence-corrected chi connectivity index (χ1v) is 9.26. The summed E-state index contributed by atoms with van der Waals surface area (Å²) < 4.78 is 10.8. The highest BCUT2D eigenvalue weighted by Gasteiger charge is 2.36. The van der Waals surface area contributed by atoms with Crippen molar-refractivity contribution in [1.82, 2.24) is 5.32 Å². The molecule has 0 atom stereocenters. The largest absolute Gasteiger partial charge is 0.496 e. The summed E-state index contributed by atoms with van der Waals surface area (Å²) in [6.45, 7) is 1.77. The number of carbonyl (C=O) groups excluding carboxylic acids is 1. The van der Waals surface area contributed by atoms with E-state index in [0.29, 0.717) is 41.1 Å². The summed E-state index contributed by atoms with van der Waals surface area (Å²) in [5.41, 5.74) is 1.26. The lowest BCUT2D eigenvalue weighted by Gasteiger charge is -2.38. The maximum Gasteiger partial charge on any atom is 0.255 e. The molecule has 1 saturated heterocycles. The predicted octanol–water partition coefficient (Wildman–Crippen LogP) is 4.48. The smallest absolute Gasteiger partial charge is 0.255 e. The van der Waals surface area contributed by atoms with Gasteiger partial charge >= 0.3 is 0 Å². The summed E-state index contributed by atoms with van der Waals surface area (Å²) in [4.78, 5) is 12.7. The van der Waals surface area contributed by atoms with Crippen LogP contribution in [0, 0.1) is 0 Å². The van der Waals surface area contributed by atoms with Crippen molar-refractivity contribution < 1.29 is 14.3 Å². The Bertz CT molecular complexity index is 788. The maximum absolute atomic E-state index is 12.7. The molecule has 138 valence electrons. The molecule has 1 aliphatic heterocycles. The quantitative estimate of drug-likeness (QED) is 0.814. The van der Waals surface area contributed by atoms with Crippen molar-refractivity contribution in [2.75, 3.05) is 26.9 Å². The number of halogens is 2. The monoisotopic (exact) mass is 393 g/mol. The molecule has 0 radical (unpaired) electrons. The van der Waals surface area contributed by atoms with Gasteiger partial charge in [0.25, 0.3) is 5.91 Å². The molecule has 1 fully saturated rings. The van der Waals surface area contributed by atoms with Crippen LogP contribution < -0.4 is 10.1 Å². The summed E-state index contributed by atoms with van der Waals surface area (Å²) >= 11 is 12.4. The van der Waals surface area contributed by atoms with Crippen LogP contribution in [0.3, 0.4) is 0 Å². The zero-order valence-corrected chi connectivity index (χ0v) is 16.1. The lowest BCUT2D eigenvalue weighted by atomic mass is 9.74. The van der Waals surface area contributed by atoms with Crippen molar-refractivity contribution in [3.05, 3.63) is 63.6 Å². The number of carbonyl (C=O) groups is 1. The summed E-state index contributed by atoms with van der Waals surface area (Å²) in [6.07, 6.45) is 1.60. The zero-order valence-electron chi connectivity index (χ0n) is 14.6. The van der Waals surface area contributed by atoms with Crippen LogP contribution in [0.5, 0.6) is 5.75 Å². The zero-order chi connectivity index (χ0) is 18.6. The van der Waals surface area contributed by atoms with Gasteiger partial charge in [-0.3, -0.25) is 4.79 Å². The van der Waals surface area contributed by atoms with Crippen LogP contribution in [0.15, 0.2) is 42.5 Å². The van der Waals surface area contributed by atoms with Gasteiger partial charge in [-0.2, -0.15) is 0 Å². The van der Waals surface area contributed by atoms with E-state index in [1.807, 2.05) is 24.3 Å². The molecule has 2 aromatic rings. The Kier molecular flexibility index (Phi) is 6.07. The molecule has 2 aromatic carbocycles. The second kappa shape index (κ2) is 8.30. The molecule has 0 saturated carbocycles. The number of hydrogen-bond acceptors (Lipinski definition) is 3. The molecular weight excluding hydrogens is 373 g/mol. The summed E-state index contributed by atoms with van der Waals surface area (Å²) in [5, 5.41) is 4.29. The first-order chi connectivity index (χ1) is 12.6. The minimum atomic E-state index is -0.244. The van der Waals surface area contributed by atoms with Crippen molar-refractivity contribution in [3.63, 3.8) is 0 Å². The normalized spacial score (nSPS) is 16.1. The van der Waals surface area contributed by atoms with Crippen LogP contribution in [0.25, 0.3) is 0 Å². The number of methoxy groups -OCH3 is 1. The molecule has 1 heterocycles. The Labute approximate surface area is 163 Å². The van der Waals surface area contributed by atoms with Gasteiger partial charge in [-0.15, -0.1) is 0 Å². The number of ether oxygens (including phenoxy) is 2. The lowest BCUT2D eigenvalue weighted by molar-refractivity contribution is 0.0487. The summed E-state index contributed by atoms with van der Waals surface area (Å²) in [7, 11) is 1.52. The van der Waals surface area contributed by atoms with Crippen molar-refractivity contribution >= 4 is 29.1 Å². The number of benzene rings is 2. The Morgan fingerprint density at radius 1 is 1.19 bits per heavy atom. The van der Waals surface area contributed by atoms with Gasteiger partial charge < -0.3 is 14.8 Å². The molecule has 0 aliphatic carbocycles. The fourth-order valence-corrected chi connectivity index (χ4v) is 3.89. The molecule has 0 spiro atoms. The highest BCUT2D eigenvalue weighted by atomic mass is 35.5. The fourth-order valence-electron chi connectivity index (χ4n) is 3.39. The number of amides is 1. The highest BCUT2D eigenvalue weighted by Crippen LogP contribution is 2.38.